The Morgan fingerprint density at radius 1 is 1.64 bits per heavy atom. The highest BCUT2D eigenvalue weighted by molar-refractivity contribution is 4.84. The van der Waals surface area contributed by atoms with Crippen molar-refractivity contribution in [3.8, 4) is 0 Å². The average molecular weight is 165 g/mol. The van der Waals surface area contributed by atoms with Crippen molar-refractivity contribution >= 4 is 0 Å². The van der Waals surface area contributed by atoms with Crippen LogP contribution in [0.25, 0.3) is 0 Å². The zero-order valence-electron chi connectivity index (χ0n) is 6.56. The van der Waals surface area contributed by atoms with Crippen LogP contribution in [0.15, 0.2) is 0 Å². The third kappa shape index (κ3) is 1.87. The highest BCUT2D eigenvalue weighted by Crippen LogP contribution is 2.32. The number of rotatable bonds is 1. The summed E-state index contributed by atoms with van der Waals surface area (Å²) in [6.07, 6.45) is -0.130. The first kappa shape index (κ1) is 8.87. The van der Waals surface area contributed by atoms with Crippen LogP contribution in [0.5, 0.6) is 0 Å². The van der Waals surface area contributed by atoms with E-state index in [0.29, 0.717) is 13.1 Å². The second-order valence-electron chi connectivity index (χ2n) is 3.15. The molecule has 0 aromatic heterocycles. The summed E-state index contributed by atoms with van der Waals surface area (Å²) in [7, 11) is 1.79. The molecule has 0 radical (unpaired) electrons. The predicted octanol–water partition coefficient (Wildman–Crippen LogP) is 0.566. The van der Waals surface area contributed by atoms with Gasteiger partial charge in [0.2, 0.25) is 0 Å². The lowest BCUT2D eigenvalue weighted by molar-refractivity contribution is -0.116. The summed E-state index contributed by atoms with van der Waals surface area (Å²) >= 11 is 0. The van der Waals surface area contributed by atoms with E-state index >= 15 is 0 Å². The molecular formula is C7H13F2NO. The van der Waals surface area contributed by atoms with Crippen LogP contribution in [0, 0.1) is 5.92 Å². The first-order valence-electron chi connectivity index (χ1n) is 3.73. The maximum atomic E-state index is 12.9. The Morgan fingerprint density at radius 2 is 2.27 bits per heavy atom. The smallest absolute Gasteiger partial charge is 0.255 e. The quantitative estimate of drug-likeness (QED) is 0.614. The highest BCUT2D eigenvalue weighted by Gasteiger charge is 2.42. The van der Waals surface area contributed by atoms with Crippen LogP contribution in [0.3, 0.4) is 0 Å². The van der Waals surface area contributed by atoms with Gasteiger partial charge in [0.05, 0.1) is 12.5 Å². The van der Waals surface area contributed by atoms with Gasteiger partial charge in [0, 0.05) is 19.5 Å². The normalized spacial score (nSPS) is 32.2. The fourth-order valence-electron chi connectivity index (χ4n) is 1.34. The Hall–Kier alpha value is -0.220. The zero-order valence-corrected chi connectivity index (χ0v) is 6.56. The van der Waals surface area contributed by atoms with Crippen molar-refractivity contribution in [1.29, 1.82) is 0 Å². The second-order valence-corrected chi connectivity index (χ2v) is 3.15. The molecule has 0 saturated carbocycles. The summed E-state index contributed by atoms with van der Waals surface area (Å²) < 4.78 is 25.7. The summed E-state index contributed by atoms with van der Waals surface area (Å²) in [5.41, 5.74) is 0. The molecule has 1 unspecified atom stereocenters. The van der Waals surface area contributed by atoms with Gasteiger partial charge in [-0.3, -0.25) is 0 Å². The van der Waals surface area contributed by atoms with Crippen LogP contribution in [0.2, 0.25) is 0 Å². The number of aliphatic hydroxyl groups is 1. The third-order valence-electron chi connectivity index (χ3n) is 2.18. The highest BCUT2D eigenvalue weighted by atomic mass is 19.3. The van der Waals surface area contributed by atoms with Gasteiger partial charge in [-0.15, -0.1) is 0 Å². The number of hydrogen-bond acceptors (Lipinski definition) is 2. The summed E-state index contributed by atoms with van der Waals surface area (Å²) in [4.78, 5) is 1.82. The molecule has 0 aromatic rings. The molecule has 4 heteroatoms. The number of piperidine rings is 1. The first-order chi connectivity index (χ1) is 5.06. The molecule has 1 aliphatic rings. The molecule has 0 aliphatic carbocycles. The van der Waals surface area contributed by atoms with Gasteiger partial charge in [-0.05, 0) is 7.05 Å². The van der Waals surface area contributed by atoms with Crippen molar-refractivity contribution in [2.24, 2.45) is 5.92 Å². The van der Waals surface area contributed by atoms with Crippen LogP contribution >= 0.6 is 0 Å². The summed E-state index contributed by atoms with van der Waals surface area (Å²) in [6.45, 7) is 0.296. The van der Waals surface area contributed by atoms with Gasteiger partial charge in [0.15, 0.2) is 0 Å². The van der Waals surface area contributed by atoms with E-state index < -0.39 is 18.4 Å². The van der Waals surface area contributed by atoms with Gasteiger partial charge in [0.25, 0.3) is 5.92 Å². The van der Waals surface area contributed by atoms with E-state index in [4.69, 9.17) is 5.11 Å². The van der Waals surface area contributed by atoms with E-state index in [-0.39, 0.29) is 6.42 Å². The van der Waals surface area contributed by atoms with Crippen molar-refractivity contribution in [2.45, 2.75) is 12.3 Å². The molecule has 1 rings (SSSR count). The number of nitrogens with zero attached hydrogens (tertiary/aromatic N) is 1. The number of aliphatic hydroxyl groups excluding tert-OH is 1. The van der Waals surface area contributed by atoms with E-state index in [9.17, 15) is 8.78 Å². The molecule has 1 saturated heterocycles. The zero-order chi connectivity index (χ0) is 8.48. The Balaban J connectivity index is 2.56. The standard InChI is InChI=1S/C7H13F2NO/c1-10-3-2-7(8,9)6(4-10)5-11/h6,11H,2-5H2,1H3. The van der Waals surface area contributed by atoms with Crippen molar-refractivity contribution in [1.82, 2.24) is 4.90 Å². The fourth-order valence-corrected chi connectivity index (χ4v) is 1.34. The minimum absolute atomic E-state index is 0.130. The van der Waals surface area contributed by atoms with Gasteiger partial charge in [-0.1, -0.05) is 0 Å². The van der Waals surface area contributed by atoms with Crippen LogP contribution in [0.1, 0.15) is 6.42 Å². The Bertz CT molecular complexity index is 140. The second kappa shape index (κ2) is 3.03. The maximum Gasteiger partial charge on any atom is 0.255 e. The molecule has 0 aromatic carbocycles. The average Bonchev–Trinajstić information content (AvgIpc) is 1.94. The minimum Gasteiger partial charge on any atom is -0.396 e. The summed E-state index contributed by atoms with van der Waals surface area (Å²) in [5, 5.41) is 8.64. The molecular weight excluding hydrogens is 152 g/mol. The first-order valence-corrected chi connectivity index (χ1v) is 3.73. The van der Waals surface area contributed by atoms with E-state index in [2.05, 4.69) is 0 Å². The summed E-state index contributed by atoms with van der Waals surface area (Å²) in [5.74, 6) is -3.54. The largest absolute Gasteiger partial charge is 0.396 e. The molecule has 1 fully saturated rings. The summed E-state index contributed by atoms with van der Waals surface area (Å²) in [6, 6.07) is 0. The van der Waals surface area contributed by atoms with Crippen molar-refractivity contribution in [3.05, 3.63) is 0 Å². The van der Waals surface area contributed by atoms with Gasteiger partial charge < -0.3 is 10.0 Å². The SMILES string of the molecule is CN1CCC(F)(F)C(CO)C1. The molecule has 0 bridgehead atoms. The van der Waals surface area contributed by atoms with Crippen LogP contribution < -0.4 is 0 Å². The Kier molecular flexibility index (Phi) is 2.44. The molecule has 1 N–H and O–H groups in total. The van der Waals surface area contributed by atoms with Gasteiger partial charge in [-0.2, -0.15) is 0 Å². The van der Waals surface area contributed by atoms with Gasteiger partial charge >= 0.3 is 0 Å². The predicted molar refractivity (Wildman–Crippen MR) is 37.6 cm³/mol. The Morgan fingerprint density at radius 3 is 2.73 bits per heavy atom. The molecule has 1 atom stereocenters. The fraction of sp³-hybridized carbons (Fsp3) is 1.00. The van der Waals surface area contributed by atoms with E-state index in [0.717, 1.165) is 0 Å². The lowest BCUT2D eigenvalue weighted by atomic mass is 9.95. The van der Waals surface area contributed by atoms with Gasteiger partial charge in [0.1, 0.15) is 0 Å². The third-order valence-corrected chi connectivity index (χ3v) is 2.18. The molecule has 11 heavy (non-hydrogen) atoms. The monoisotopic (exact) mass is 165 g/mol. The van der Waals surface area contributed by atoms with E-state index in [1.807, 2.05) is 4.90 Å². The van der Waals surface area contributed by atoms with E-state index in [1.165, 1.54) is 0 Å². The van der Waals surface area contributed by atoms with Crippen molar-refractivity contribution in [3.63, 3.8) is 0 Å². The van der Waals surface area contributed by atoms with Crippen molar-refractivity contribution in [2.75, 3.05) is 26.7 Å². The van der Waals surface area contributed by atoms with Crippen LogP contribution in [-0.4, -0.2) is 42.7 Å². The number of halogens is 2. The number of alkyl halides is 2. The molecule has 1 aliphatic heterocycles. The Labute approximate surface area is 64.8 Å². The lowest BCUT2D eigenvalue weighted by Gasteiger charge is -2.35. The topological polar surface area (TPSA) is 23.5 Å². The molecule has 66 valence electrons. The molecule has 2 nitrogen and oxygen atoms in total. The van der Waals surface area contributed by atoms with Gasteiger partial charge in [-0.25, -0.2) is 8.78 Å². The molecule has 0 spiro atoms. The molecule has 0 amide bonds. The van der Waals surface area contributed by atoms with E-state index in [1.54, 1.807) is 7.05 Å². The van der Waals surface area contributed by atoms with Crippen LogP contribution in [-0.2, 0) is 0 Å². The molecule has 1 heterocycles. The minimum atomic E-state index is -2.67. The maximum absolute atomic E-state index is 12.9. The number of hydrogen-bond donors (Lipinski definition) is 1. The van der Waals surface area contributed by atoms with Crippen molar-refractivity contribution < 1.29 is 13.9 Å². The number of likely N-dealkylation sites (tertiary alicyclic amines) is 1. The lowest BCUT2D eigenvalue weighted by Crippen LogP contribution is -2.46. The van der Waals surface area contributed by atoms with Crippen LogP contribution in [0.4, 0.5) is 8.78 Å².